The van der Waals surface area contributed by atoms with Gasteiger partial charge in [-0.2, -0.15) is 10.2 Å². The Labute approximate surface area is 106 Å². The van der Waals surface area contributed by atoms with Gasteiger partial charge in [-0.1, -0.05) is 11.6 Å². The molecule has 17 heavy (non-hydrogen) atoms. The van der Waals surface area contributed by atoms with Crippen LogP contribution in [0.5, 0.6) is 0 Å². The van der Waals surface area contributed by atoms with E-state index < -0.39 is 5.69 Å². The SMILES string of the molecule is N#Cc1cc(NCc2ccc(Cl)s2)nc(=O)[nH]1. The maximum absolute atomic E-state index is 11.1. The van der Waals surface area contributed by atoms with E-state index in [0.717, 1.165) is 4.88 Å². The molecule has 2 heterocycles. The van der Waals surface area contributed by atoms with Gasteiger partial charge < -0.3 is 5.32 Å². The molecule has 0 aromatic carbocycles. The van der Waals surface area contributed by atoms with Crippen LogP contribution in [0, 0.1) is 11.3 Å². The van der Waals surface area contributed by atoms with Gasteiger partial charge in [0, 0.05) is 10.9 Å². The summed E-state index contributed by atoms with van der Waals surface area (Å²) in [5, 5.41) is 11.6. The first-order valence-electron chi connectivity index (χ1n) is 4.67. The van der Waals surface area contributed by atoms with Crippen LogP contribution >= 0.6 is 22.9 Å². The largest absolute Gasteiger partial charge is 0.365 e. The number of nitrogens with zero attached hydrogens (tertiary/aromatic N) is 2. The van der Waals surface area contributed by atoms with Gasteiger partial charge in [0.1, 0.15) is 17.6 Å². The number of hydrogen-bond donors (Lipinski definition) is 2. The van der Waals surface area contributed by atoms with Gasteiger partial charge in [0.25, 0.3) is 0 Å². The molecule has 2 N–H and O–H groups in total. The predicted octanol–water partition coefficient (Wildman–Crippen LogP) is 1.97. The number of H-pyrrole nitrogens is 1. The van der Waals surface area contributed by atoms with Gasteiger partial charge in [-0.05, 0) is 12.1 Å². The molecule has 0 radical (unpaired) electrons. The lowest BCUT2D eigenvalue weighted by Crippen LogP contribution is -2.14. The van der Waals surface area contributed by atoms with Crippen molar-refractivity contribution in [2.24, 2.45) is 0 Å². The van der Waals surface area contributed by atoms with Crippen molar-refractivity contribution < 1.29 is 0 Å². The van der Waals surface area contributed by atoms with Crippen LogP contribution in [0.4, 0.5) is 5.82 Å². The summed E-state index contributed by atoms with van der Waals surface area (Å²) >= 11 is 7.24. The second-order valence-corrected chi connectivity index (χ2v) is 4.96. The fourth-order valence-corrected chi connectivity index (χ4v) is 2.26. The van der Waals surface area contributed by atoms with Crippen molar-refractivity contribution in [1.82, 2.24) is 9.97 Å². The molecular formula is C10H7ClN4OS. The van der Waals surface area contributed by atoms with Crippen molar-refractivity contribution in [3.8, 4) is 6.07 Å². The molecule has 0 unspecified atom stereocenters. The number of anilines is 1. The second-order valence-electron chi connectivity index (χ2n) is 3.16. The molecule has 0 spiro atoms. The number of nitrogens with one attached hydrogen (secondary N) is 2. The van der Waals surface area contributed by atoms with Crippen LogP contribution in [0.25, 0.3) is 0 Å². The van der Waals surface area contributed by atoms with Crippen molar-refractivity contribution in [2.45, 2.75) is 6.54 Å². The second kappa shape index (κ2) is 4.99. The Balaban J connectivity index is 2.12. The number of rotatable bonds is 3. The molecule has 0 amide bonds. The summed E-state index contributed by atoms with van der Waals surface area (Å²) in [7, 11) is 0. The van der Waals surface area contributed by atoms with E-state index in [4.69, 9.17) is 16.9 Å². The van der Waals surface area contributed by atoms with Gasteiger partial charge in [0.15, 0.2) is 0 Å². The van der Waals surface area contributed by atoms with E-state index in [1.54, 1.807) is 6.07 Å². The first kappa shape index (κ1) is 11.6. The normalized spacial score (nSPS) is 9.88. The minimum absolute atomic E-state index is 0.178. The highest BCUT2D eigenvalue weighted by Crippen LogP contribution is 2.21. The van der Waals surface area contributed by atoms with Gasteiger partial charge in [-0.25, -0.2) is 4.79 Å². The number of hydrogen-bond acceptors (Lipinski definition) is 5. The summed E-state index contributed by atoms with van der Waals surface area (Å²) in [4.78, 5) is 18.1. The Morgan fingerprint density at radius 3 is 3.06 bits per heavy atom. The molecule has 0 aliphatic heterocycles. The molecule has 0 atom stereocenters. The molecule has 0 fully saturated rings. The number of halogens is 1. The first-order valence-corrected chi connectivity index (χ1v) is 5.86. The Morgan fingerprint density at radius 2 is 2.41 bits per heavy atom. The maximum Gasteiger partial charge on any atom is 0.347 e. The maximum atomic E-state index is 11.1. The van der Waals surface area contributed by atoms with E-state index in [0.29, 0.717) is 16.7 Å². The fourth-order valence-electron chi connectivity index (χ4n) is 1.23. The van der Waals surface area contributed by atoms with Crippen molar-refractivity contribution in [3.05, 3.63) is 43.6 Å². The highest BCUT2D eigenvalue weighted by atomic mass is 35.5. The molecule has 2 aromatic heterocycles. The molecule has 0 aliphatic carbocycles. The van der Waals surface area contributed by atoms with E-state index >= 15 is 0 Å². The average Bonchev–Trinajstić information content (AvgIpc) is 2.72. The average molecular weight is 267 g/mol. The van der Waals surface area contributed by atoms with Crippen molar-refractivity contribution >= 4 is 28.8 Å². The zero-order valence-electron chi connectivity index (χ0n) is 8.53. The molecule has 0 aliphatic rings. The summed E-state index contributed by atoms with van der Waals surface area (Å²) in [6.45, 7) is 0.513. The number of aromatic nitrogens is 2. The summed E-state index contributed by atoms with van der Waals surface area (Å²) in [5.41, 5.74) is -0.368. The third-order valence-electron chi connectivity index (χ3n) is 1.94. The van der Waals surface area contributed by atoms with Gasteiger partial charge in [0.2, 0.25) is 0 Å². The molecule has 7 heteroatoms. The predicted molar refractivity (Wildman–Crippen MR) is 66.2 cm³/mol. The molecule has 0 bridgehead atoms. The lowest BCUT2D eigenvalue weighted by molar-refractivity contribution is 1.03. The van der Waals surface area contributed by atoms with Crippen LogP contribution < -0.4 is 11.0 Å². The van der Waals surface area contributed by atoms with E-state index in [1.807, 2.05) is 12.1 Å². The summed E-state index contributed by atoms with van der Waals surface area (Å²) < 4.78 is 0.707. The highest BCUT2D eigenvalue weighted by molar-refractivity contribution is 7.16. The fraction of sp³-hybridized carbons (Fsp3) is 0.100. The third-order valence-corrected chi connectivity index (χ3v) is 3.17. The quantitative estimate of drug-likeness (QED) is 0.890. The number of nitriles is 1. The van der Waals surface area contributed by atoms with Gasteiger partial charge in [0.05, 0.1) is 10.9 Å². The summed E-state index contributed by atoms with van der Waals surface area (Å²) in [5.74, 6) is 0.370. The highest BCUT2D eigenvalue weighted by Gasteiger charge is 2.01. The standard InChI is InChI=1S/C10H7ClN4OS/c11-8-2-1-7(17-8)5-13-9-3-6(4-12)14-10(16)15-9/h1-3H,5H2,(H2,13,14,15,16). The van der Waals surface area contributed by atoms with Crippen LogP contribution in [0.15, 0.2) is 23.0 Å². The molecule has 2 aromatic rings. The van der Waals surface area contributed by atoms with Crippen LogP contribution in [0.3, 0.4) is 0 Å². The molecule has 0 saturated carbocycles. The van der Waals surface area contributed by atoms with Crippen LogP contribution in [0.2, 0.25) is 4.34 Å². The van der Waals surface area contributed by atoms with Gasteiger partial charge >= 0.3 is 5.69 Å². The first-order chi connectivity index (χ1) is 8.17. The lowest BCUT2D eigenvalue weighted by atomic mass is 10.4. The molecule has 86 valence electrons. The Kier molecular flexibility index (Phi) is 3.42. The van der Waals surface area contributed by atoms with E-state index in [9.17, 15) is 4.79 Å². The summed E-state index contributed by atoms with van der Waals surface area (Å²) in [6.07, 6.45) is 0. The lowest BCUT2D eigenvalue weighted by Gasteiger charge is -2.02. The van der Waals surface area contributed by atoms with Crippen LogP contribution in [-0.4, -0.2) is 9.97 Å². The van der Waals surface area contributed by atoms with E-state index in [-0.39, 0.29) is 5.69 Å². The number of aromatic amines is 1. The zero-order chi connectivity index (χ0) is 12.3. The van der Waals surface area contributed by atoms with Crippen LogP contribution in [0.1, 0.15) is 10.6 Å². The molecule has 5 nitrogen and oxygen atoms in total. The molecular weight excluding hydrogens is 260 g/mol. The third kappa shape index (κ3) is 3.06. The Hall–Kier alpha value is -1.84. The molecule has 2 rings (SSSR count). The zero-order valence-corrected chi connectivity index (χ0v) is 10.1. The summed E-state index contributed by atoms with van der Waals surface area (Å²) in [6, 6.07) is 7.03. The van der Waals surface area contributed by atoms with E-state index in [1.165, 1.54) is 17.4 Å². The Bertz CT molecular complexity index is 628. The van der Waals surface area contributed by atoms with Crippen LogP contribution in [-0.2, 0) is 6.54 Å². The topological polar surface area (TPSA) is 81.6 Å². The van der Waals surface area contributed by atoms with Crippen molar-refractivity contribution in [2.75, 3.05) is 5.32 Å². The van der Waals surface area contributed by atoms with E-state index in [2.05, 4.69) is 15.3 Å². The van der Waals surface area contributed by atoms with Crippen molar-refractivity contribution in [3.63, 3.8) is 0 Å². The Morgan fingerprint density at radius 1 is 1.59 bits per heavy atom. The minimum Gasteiger partial charge on any atom is -0.365 e. The minimum atomic E-state index is -0.546. The molecule has 0 saturated heterocycles. The number of thiophene rings is 1. The monoisotopic (exact) mass is 266 g/mol. The van der Waals surface area contributed by atoms with Gasteiger partial charge in [-0.15, -0.1) is 11.3 Å². The smallest absolute Gasteiger partial charge is 0.347 e. The van der Waals surface area contributed by atoms with Crippen molar-refractivity contribution in [1.29, 1.82) is 5.26 Å². The van der Waals surface area contributed by atoms with Gasteiger partial charge in [-0.3, -0.25) is 4.98 Å².